The number of amides is 1. The molecule has 2 rings (SSSR count). The first-order valence-electron chi connectivity index (χ1n) is 8.10. The van der Waals surface area contributed by atoms with Crippen LogP contribution in [0.4, 0.5) is 0 Å². The van der Waals surface area contributed by atoms with Gasteiger partial charge < -0.3 is 5.32 Å². The number of rotatable bonds is 7. The molecule has 1 N–H and O–H groups in total. The van der Waals surface area contributed by atoms with Gasteiger partial charge in [-0.15, -0.1) is 0 Å². The second kappa shape index (κ2) is 8.27. The van der Waals surface area contributed by atoms with Gasteiger partial charge in [0.25, 0.3) is 0 Å². The summed E-state index contributed by atoms with van der Waals surface area (Å²) < 4.78 is 25.3. The molecule has 0 saturated carbocycles. The third-order valence-electron chi connectivity index (χ3n) is 3.91. The zero-order chi connectivity index (χ0) is 18.4. The predicted molar refractivity (Wildman–Crippen MR) is 99.4 cm³/mol. The zero-order valence-electron chi connectivity index (χ0n) is 14.8. The maximum Gasteiger partial charge on any atom is 0.235 e. The second-order valence-electron chi connectivity index (χ2n) is 6.22. The minimum Gasteiger partial charge on any atom is -0.348 e. The van der Waals surface area contributed by atoms with Crippen molar-refractivity contribution in [2.24, 2.45) is 0 Å². The number of sulfonamides is 1. The van der Waals surface area contributed by atoms with E-state index >= 15 is 0 Å². The highest BCUT2D eigenvalue weighted by atomic mass is 32.2. The minimum absolute atomic E-state index is 0.174. The van der Waals surface area contributed by atoms with E-state index in [0.717, 1.165) is 22.9 Å². The van der Waals surface area contributed by atoms with E-state index in [2.05, 4.69) is 5.32 Å². The normalized spacial score (nSPS) is 12.8. The van der Waals surface area contributed by atoms with Crippen molar-refractivity contribution in [3.05, 3.63) is 71.3 Å². The van der Waals surface area contributed by atoms with Crippen LogP contribution < -0.4 is 5.32 Å². The second-order valence-corrected chi connectivity index (χ2v) is 8.20. The maximum absolute atomic E-state index is 12.3. The van der Waals surface area contributed by atoms with Crippen molar-refractivity contribution in [2.75, 3.05) is 12.8 Å². The van der Waals surface area contributed by atoms with Gasteiger partial charge in [0.05, 0.1) is 18.8 Å². The lowest BCUT2D eigenvalue weighted by molar-refractivity contribution is -0.122. The van der Waals surface area contributed by atoms with Crippen molar-refractivity contribution < 1.29 is 13.2 Å². The van der Waals surface area contributed by atoms with Crippen LogP contribution in [-0.4, -0.2) is 31.4 Å². The molecule has 0 aliphatic heterocycles. The highest BCUT2D eigenvalue weighted by molar-refractivity contribution is 7.88. The standard InChI is InChI=1S/C19H24N2O3S/c1-15-8-7-9-17(12-15)13-21(25(3,23)24)14-19(22)20-16(2)18-10-5-4-6-11-18/h4-12,16H,13-14H2,1-3H3,(H,20,22). The molecule has 0 aliphatic carbocycles. The fraction of sp³-hybridized carbons (Fsp3) is 0.316. The Balaban J connectivity index is 2.05. The smallest absolute Gasteiger partial charge is 0.235 e. The SMILES string of the molecule is Cc1cccc(CN(CC(=O)NC(C)c2ccccc2)S(C)(=O)=O)c1. The van der Waals surface area contributed by atoms with E-state index in [-0.39, 0.29) is 25.0 Å². The summed E-state index contributed by atoms with van der Waals surface area (Å²) in [5.41, 5.74) is 2.88. The molecule has 1 atom stereocenters. The molecule has 0 heterocycles. The van der Waals surface area contributed by atoms with E-state index in [1.165, 1.54) is 4.31 Å². The van der Waals surface area contributed by atoms with Crippen LogP contribution in [0.1, 0.15) is 29.7 Å². The van der Waals surface area contributed by atoms with Gasteiger partial charge in [-0.2, -0.15) is 4.31 Å². The summed E-state index contributed by atoms with van der Waals surface area (Å²) in [7, 11) is -3.50. The number of aryl methyl sites for hydroxylation is 1. The van der Waals surface area contributed by atoms with Crippen LogP contribution >= 0.6 is 0 Å². The summed E-state index contributed by atoms with van der Waals surface area (Å²) in [6.07, 6.45) is 1.12. The number of hydrogen-bond donors (Lipinski definition) is 1. The van der Waals surface area contributed by atoms with Gasteiger partial charge in [0.15, 0.2) is 0 Å². The molecule has 25 heavy (non-hydrogen) atoms. The fourth-order valence-corrected chi connectivity index (χ4v) is 3.31. The molecular formula is C19H24N2O3S. The quantitative estimate of drug-likeness (QED) is 0.825. The minimum atomic E-state index is -3.50. The monoisotopic (exact) mass is 360 g/mol. The van der Waals surface area contributed by atoms with E-state index < -0.39 is 10.0 Å². The molecule has 134 valence electrons. The third-order valence-corrected chi connectivity index (χ3v) is 5.10. The van der Waals surface area contributed by atoms with Crippen molar-refractivity contribution in [2.45, 2.75) is 26.4 Å². The number of nitrogens with zero attached hydrogens (tertiary/aromatic N) is 1. The van der Waals surface area contributed by atoms with Crippen molar-refractivity contribution in [3.8, 4) is 0 Å². The Morgan fingerprint density at radius 2 is 1.80 bits per heavy atom. The van der Waals surface area contributed by atoms with Crippen LogP contribution in [0.2, 0.25) is 0 Å². The van der Waals surface area contributed by atoms with E-state index in [0.29, 0.717) is 0 Å². The lowest BCUT2D eigenvalue weighted by Crippen LogP contribution is -2.40. The number of carbonyl (C=O) groups is 1. The fourth-order valence-electron chi connectivity index (χ4n) is 2.58. The lowest BCUT2D eigenvalue weighted by Gasteiger charge is -2.21. The Morgan fingerprint density at radius 1 is 1.12 bits per heavy atom. The van der Waals surface area contributed by atoms with Gasteiger partial charge in [0, 0.05) is 6.54 Å². The topological polar surface area (TPSA) is 66.5 Å². The molecule has 0 saturated heterocycles. The van der Waals surface area contributed by atoms with Gasteiger partial charge in [-0.05, 0) is 25.0 Å². The number of nitrogens with one attached hydrogen (secondary N) is 1. The molecule has 0 radical (unpaired) electrons. The maximum atomic E-state index is 12.3. The summed E-state index contributed by atoms with van der Waals surface area (Å²) in [5, 5.41) is 2.85. The molecule has 0 bridgehead atoms. The average molecular weight is 360 g/mol. The molecule has 0 spiro atoms. The number of benzene rings is 2. The highest BCUT2D eigenvalue weighted by Crippen LogP contribution is 2.13. The Bertz CT molecular complexity index is 820. The summed E-state index contributed by atoms with van der Waals surface area (Å²) >= 11 is 0. The van der Waals surface area contributed by atoms with E-state index in [9.17, 15) is 13.2 Å². The van der Waals surface area contributed by atoms with Gasteiger partial charge in [-0.1, -0.05) is 60.2 Å². The third kappa shape index (κ3) is 5.99. The molecular weight excluding hydrogens is 336 g/mol. The molecule has 5 nitrogen and oxygen atoms in total. The Hall–Kier alpha value is -2.18. The van der Waals surface area contributed by atoms with Gasteiger partial charge in [-0.25, -0.2) is 8.42 Å². The summed E-state index contributed by atoms with van der Waals surface area (Å²) in [6.45, 7) is 3.79. The van der Waals surface area contributed by atoms with Gasteiger partial charge in [-0.3, -0.25) is 4.79 Å². The predicted octanol–water partition coefficient (Wildman–Crippen LogP) is 2.63. The Labute approximate surface area is 149 Å². The average Bonchev–Trinajstić information content (AvgIpc) is 2.54. The molecule has 1 amide bonds. The van der Waals surface area contributed by atoms with Crippen LogP contribution in [0.15, 0.2) is 54.6 Å². The molecule has 6 heteroatoms. The van der Waals surface area contributed by atoms with E-state index in [1.807, 2.05) is 68.4 Å². The van der Waals surface area contributed by atoms with Crippen LogP contribution in [0.5, 0.6) is 0 Å². The molecule has 0 aliphatic rings. The van der Waals surface area contributed by atoms with Crippen molar-refractivity contribution in [1.82, 2.24) is 9.62 Å². The first-order chi connectivity index (χ1) is 11.8. The number of carbonyl (C=O) groups excluding carboxylic acids is 1. The van der Waals surface area contributed by atoms with E-state index in [1.54, 1.807) is 0 Å². The van der Waals surface area contributed by atoms with Crippen LogP contribution in [0.3, 0.4) is 0 Å². The summed E-state index contributed by atoms with van der Waals surface area (Å²) in [4.78, 5) is 12.3. The van der Waals surface area contributed by atoms with Gasteiger partial charge in [0.1, 0.15) is 0 Å². The molecule has 2 aromatic rings. The molecule has 0 aromatic heterocycles. The first-order valence-corrected chi connectivity index (χ1v) is 9.95. The van der Waals surface area contributed by atoms with Crippen molar-refractivity contribution in [1.29, 1.82) is 0 Å². The molecule has 1 unspecified atom stereocenters. The summed E-state index contributed by atoms with van der Waals surface area (Å²) in [6, 6.07) is 17.0. The highest BCUT2D eigenvalue weighted by Gasteiger charge is 2.21. The lowest BCUT2D eigenvalue weighted by atomic mass is 10.1. The summed E-state index contributed by atoms with van der Waals surface area (Å²) in [5.74, 6) is -0.325. The largest absolute Gasteiger partial charge is 0.348 e. The Morgan fingerprint density at radius 3 is 2.40 bits per heavy atom. The first kappa shape index (κ1) is 19.1. The van der Waals surface area contributed by atoms with Gasteiger partial charge in [0.2, 0.25) is 15.9 Å². The number of hydrogen-bond acceptors (Lipinski definition) is 3. The van der Waals surface area contributed by atoms with Gasteiger partial charge >= 0.3 is 0 Å². The molecule has 0 fully saturated rings. The van der Waals surface area contributed by atoms with Crippen molar-refractivity contribution >= 4 is 15.9 Å². The van der Waals surface area contributed by atoms with Crippen molar-refractivity contribution in [3.63, 3.8) is 0 Å². The van der Waals surface area contributed by atoms with Crippen LogP contribution in [0.25, 0.3) is 0 Å². The van der Waals surface area contributed by atoms with Crippen LogP contribution in [0, 0.1) is 6.92 Å². The Kier molecular flexibility index (Phi) is 6.33. The van der Waals surface area contributed by atoms with Crippen LogP contribution in [-0.2, 0) is 21.4 Å². The zero-order valence-corrected chi connectivity index (χ0v) is 15.6. The molecule has 2 aromatic carbocycles. The van der Waals surface area contributed by atoms with E-state index in [4.69, 9.17) is 0 Å².